The van der Waals surface area contributed by atoms with Crippen LogP contribution in [0.25, 0.3) is 0 Å². The number of carbonyl (C=O) groups is 2. The van der Waals surface area contributed by atoms with Crippen LogP contribution < -0.4 is 18.9 Å². The number of hydrogen-bond donors (Lipinski definition) is 3. The highest BCUT2D eigenvalue weighted by molar-refractivity contribution is 5.70. The molecule has 54 heavy (non-hydrogen) atoms. The van der Waals surface area contributed by atoms with Crippen LogP contribution in [0.3, 0.4) is 0 Å². The Labute approximate surface area is 317 Å². The van der Waals surface area contributed by atoms with Crippen LogP contribution in [-0.4, -0.2) is 46.1 Å². The maximum Gasteiger partial charge on any atom is 0.309 e. The van der Waals surface area contributed by atoms with Crippen LogP contribution in [-0.2, 0) is 27.2 Å². The summed E-state index contributed by atoms with van der Waals surface area (Å²) in [6, 6.07) is 14.4. The first-order valence-corrected chi connectivity index (χ1v) is 18.5. The Kier molecular flexibility index (Phi) is 12.3. The number of carboxylic acids is 1. The van der Waals surface area contributed by atoms with Crippen molar-refractivity contribution in [2.75, 3.05) is 6.61 Å². The number of esters is 1. The van der Waals surface area contributed by atoms with Crippen molar-refractivity contribution >= 4 is 11.9 Å². The van der Waals surface area contributed by atoms with E-state index in [1.54, 1.807) is 31.2 Å². The van der Waals surface area contributed by atoms with Gasteiger partial charge in [0.25, 0.3) is 0 Å². The third-order valence-electron chi connectivity index (χ3n) is 9.83. The number of rotatable bonds is 11. The summed E-state index contributed by atoms with van der Waals surface area (Å²) in [5, 5.41) is 29.0. The molecule has 0 aromatic heterocycles. The molecule has 10 heteroatoms. The van der Waals surface area contributed by atoms with E-state index in [2.05, 4.69) is 0 Å². The van der Waals surface area contributed by atoms with Gasteiger partial charge in [-0.15, -0.1) is 0 Å². The van der Waals surface area contributed by atoms with E-state index >= 15 is 0 Å². The Hall–Kier alpha value is -5.38. The molecule has 0 radical (unpaired) electrons. The monoisotopic (exact) mass is 740 g/mol. The smallest absolute Gasteiger partial charge is 0.309 e. The first kappa shape index (κ1) is 39.8. The third kappa shape index (κ3) is 9.04. The molecule has 0 amide bonds. The maximum atomic E-state index is 11.8. The van der Waals surface area contributed by atoms with E-state index in [-0.39, 0.29) is 54.4 Å². The Morgan fingerprint density at radius 2 is 1.13 bits per heavy atom. The Morgan fingerprint density at radius 1 is 0.704 bits per heavy atom. The molecule has 0 fully saturated rings. The van der Waals surface area contributed by atoms with Gasteiger partial charge in [-0.2, -0.15) is 0 Å². The molecule has 4 aromatic carbocycles. The lowest BCUT2D eigenvalue weighted by Gasteiger charge is -2.16. The summed E-state index contributed by atoms with van der Waals surface area (Å²) in [4.78, 5) is 22.7. The molecule has 2 atom stereocenters. The molecule has 2 aliphatic rings. The largest absolute Gasteiger partial charge is 0.508 e. The van der Waals surface area contributed by atoms with Gasteiger partial charge in [0, 0.05) is 35.1 Å². The number of aromatic hydroxyl groups is 2. The van der Waals surface area contributed by atoms with Crippen LogP contribution in [0, 0.1) is 27.7 Å². The van der Waals surface area contributed by atoms with Gasteiger partial charge >= 0.3 is 11.9 Å². The second-order valence-electron chi connectivity index (χ2n) is 14.7. The number of aryl methyl sites for hydroxylation is 2. The fourth-order valence-corrected chi connectivity index (χ4v) is 7.04. The highest BCUT2D eigenvalue weighted by Crippen LogP contribution is 2.43. The summed E-state index contributed by atoms with van der Waals surface area (Å²) >= 11 is 0. The van der Waals surface area contributed by atoms with Crippen molar-refractivity contribution in [3.05, 3.63) is 93.0 Å². The van der Waals surface area contributed by atoms with Crippen molar-refractivity contribution in [2.45, 2.75) is 112 Å². The average Bonchev–Trinajstić information content (AvgIpc) is 3.69. The molecule has 288 valence electrons. The van der Waals surface area contributed by atoms with Crippen LogP contribution >= 0.6 is 0 Å². The van der Waals surface area contributed by atoms with E-state index in [0.717, 1.165) is 67.5 Å². The number of carboxylic acid groups (broad SMARTS) is 1. The highest BCUT2D eigenvalue weighted by Gasteiger charge is 2.31. The second kappa shape index (κ2) is 16.7. The molecule has 3 N–H and O–H groups in total. The molecule has 0 saturated carbocycles. The molecule has 0 spiro atoms. The third-order valence-corrected chi connectivity index (χ3v) is 9.83. The predicted molar refractivity (Wildman–Crippen MR) is 206 cm³/mol. The van der Waals surface area contributed by atoms with Crippen LogP contribution in [0.5, 0.6) is 46.0 Å². The number of aliphatic carboxylic acids is 1. The summed E-state index contributed by atoms with van der Waals surface area (Å²) < 4.78 is 29.1. The second-order valence-corrected chi connectivity index (χ2v) is 14.7. The average molecular weight is 741 g/mol. The van der Waals surface area contributed by atoms with Gasteiger partial charge in [-0.3, -0.25) is 9.59 Å². The number of carbonyl (C=O) groups excluding carboxylic acids is 1. The number of hydrogen-bond acceptors (Lipinski definition) is 9. The molecule has 0 saturated heterocycles. The van der Waals surface area contributed by atoms with E-state index in [1.165, 1.54) is 0 Å². The summed E-state index contributed by atoms with van der Waals surface area (Å²) in [7, 11) is 0. The zero-order valence-electron chi connectivity index (χ0n) is 32.7. The number of phenolic OH excluding ortho intramolecular Hbond substituents is 2. The lowest BCUT2D eigenvalue weighted by Crippen LogP contribution is -2.19. The van der Waals surface area contributed by atoms with E-state index in [9.17, 15) is 19.8 Å². The van der Waals surface area contributed by atoms with E-state index in [4.69, 9.17) is 28.8 Å². The van der Waals surface area contributed by atoms with E-state index in [0.29, 0.717) is 30.9 Å². The minimum absolute atomic E-state index is 0.0148. The lowest BCUT2D eigenvalue weighted by molar-refractivity contribution is -0.144. The number of fused-ring (bicyclic) bond motifs is 2. The number of benzene rings is 4. The van der Waals surface area contributed by atoms with Gasteiger partial charge in [0.15, 0.2) is 0 Å². The standard InChI is InChI=1S/C23H28O5.C21H24O5/c1-6-26-22(25)12-17-11-19-15(5)23(14(4)9-21(19)27-17)28-16-7-8-20(24)18(10-16)13(2)3;1-11(2)16-8-14(5-6-18(16)22)26-21-12(3)7-19-17(13(21)4)9-15(25-19)10-20(23)24/h7-10,13,17,24H,6,11-12H2,1-5H3;5-8,11,15,22H,9-10H2,1-4H3,(H,23,24). The molecule has 4 aromatic rings. The van der Waals surface area contributed by atoms with E-state index in [1.807, 2.05) is 79.7 Å². The Balaban J connectivity index is 0.000000208. The van der Waals surface area contributed by atoms with E-state index < -0.39 is 5.97 Å². The minimum Gasteiger partial charge on any atom is -0.508 e. The van der Waals surface area contributed by atoms with Gasteiger partial charge in [-0.1, -0.05) is 27.7 Å². The van der Waals surface area contributed by atoms with Crippen molar-refractivity contribution in [3.63, 3.8) is 0 Å². The zero-order chi connectivity index (χ0) is 39.4. The number of ether oxygens (including phenoxy) is 5. The molecule has 10 nitrogen and oxygen atoms in total. The van der Waals surface area contributed by atoms with Crippen molar-refractivity contribution < 1.29 is 48.6 Å². The van der Waals surface area contributed by atoms with Gasteiger partial charge < -0.3 is 39.0 Å². The highest BCUT2D eigenvalue weighted by atomic mass is 16.5. The van der Waals surface area contributed by atoms with Crippen LogP contribution in [0.4, 0.5) is 0 Å². The fraction of sp³-hybridized carbons (Fsp3) is 0.409. The quantitative estimate of drug-likeness (QED) is 0.127. The van der Waals surface area contributed by atoms with Crippen molar-refractivity contribution in [3.8, 4) is 46.0 Å². The Morgan fingerprint density at radius 3 is 1.52 bits per heavy atom. The zero-order valence-corrected chi connectivity index (χ0v) is 32.7. The first-order valence-electron chi connectivity index (χ1n) is 18.5. The fourth-order valence-electron chi connectivity index (χ4n) is 7.04. The SMILES string of the molecule is CCOC(=O)CC1Cc2c(cc(C)c(Oc3ccc(O)c(C(C)C)c3)c2C)O1.Cc1cc2c(c(C)c1Oc1ccc(O)c(C(C)C)c1)CC(CC(=O)O)O2. The van der Waals surface area contributed by atoms with Gasteiger partial charge in [-0.05, 0) is 117 Å². The molecule has 6 rings (SSSR count). The van der Waals surface area contributed by atoms with Gasteiger partial charge in [-0.25, -0.2) is 0 Å². The van der Waals surface area contributed by atoms with Crippen molar-refractivity contribution in [1.82, 2.24) is 0 Å². The minimum atomic E-state index is -0.862. The topological polar surface area (TPSA) is 141 Å². The van der Waals surface area contributed by atoms with Gasteiger partial charge in [0.2, 0.25) is 0 Å². The molecule has 2 unspecified atom stereocenters. The number of phenols is 2. The summed E-state index contributed by atoms with van der Waals surface area (Å²) in [6.07, 6.45) is 0.910. The molecule has 2 aliphatic heterocycles. The predicted octanol–water partition coefficient (Wildman–Crippen LogP) is 9.88. The maximum absolute atomic E-state index is 11.8. The van der Waals surface area contributed by atoms with Crippen LogP contribution in [0.15, 0.2) is 48.5 Å². The van der Waals surface area contributed by atoms with Gasteiger partial charge in [0.1, 0.15) is 58.2 Å². The summed E-state index contributed by atoms with van der Waals surface area (Å²) in [6.45, 7) is 18.2. The van der Waals surface area contributed by atoms with Crippen LogP contribution in [0.1, 0.15) is 104 Å². The summed E-state index contributed by atoms with van der Waals surface area (Å²) in [5.74, 6) is 4.28. The normalized spacial score (nSPS) is 15.5. The molecular weight excluding hydrogens is 688 g/mol. The Bertz CT molecular complexity index is 2030. The molecule has 0 bridgehead atoms. The molecule has 2 heterocycles. The van der Waals surface area contributed by atoms with Crippen molar-refractivity contribution in [2.24, 2.45) is 0 Å². The molecule has 0 aliphatic carbocycles. The van der Waals surface area contributed by atoms with Gasteiger partial charge in [0.05, 0.1) is 19.4 Å². The summed E-state index contributed by atoms with van der Waals surface area (Å²) in [5.41, 5.74) is 7.63. The molecular formula is C44H52O10. The first-order chi connectivity index (χ1) is 25.6. The van der Waals surface area contributed by atoms with Crippen molar-refractivity contribution in [1.29, 1.82) is 0 Å². The lowest BCUT2D eigenvalue weighted by atomic mass is 9.99. The van der Waals surface area contributed by atoms with Crippen LogP contribution in [0.2, 0.25) is 0 Å².